The molecule has 3 amide bonds. The minimum atomic E-state index is -2.23. The number of non-ortho nitro benzene ring substituents is 1. The molecular formula is C51H44N4O14. The number of ether oxygens (including phenoxy) is 5. The molecule has 3 aliphatic heterocycles. The number of cyclic esters (lactones) is 1. The van der Waals surface area contributed by atoms with Crippen LogP contribution < -0.4 is 15.4 Å². The predicted octanol–water partition coefficient (Wildman–Crippen LogP) is 5.16. The molecule has 0 saturated carbocycles. The van der Waals surface area contributed by atoms with Gasteiger partial charge in [0.1, 0.15) is 36.5 Å². The Hall–Kier alpha value is -8.40. The number of aliphatic hydroxyl groups is 1. The number of esters is 3. The highest BCUT2D eigenvalue weighted by Gasteiger charge is 2.75. The van der Waals surface area contributed by atoms with Crippen molar-refractivity contribution in [3.8, 4) is 17.6 Å². The molecular weight excluding hydrogens is 893 g/mol. The Balaban J connectivity index is 1.37. The van der Waals surface area contributed by atoms with Crippen molar-refractivity contribution in [1.29, 1.82) is 0 Å². The molecule has 0 unspecified atom stereocenters. The summed E-state index contributed by atoms with van der Waals surface area (Å²) >= 11 is 0. The maximum atomic E-state index is 16.1. The number of nitrogens with two attached hydrogens (primary N) is 1. The molecule has 0 bridgehead atoms. The van der Waals surface area contributed by atoms with Crippen molar-refractivity contribution in [1.82, 2.24) is 4.90 Å². The number of fused-ring (bicyclic) bond motifs is 3. The van der Waals surface area contributed by atoms with Crippen LogP contribution in [0.3, 0.4) is 0 Å². The van der Waals surface area contributed by atoms with Gasteiger partial charge in [0.25, 0.3) is 5.69 Å². The van der Waals surface area contributed by atoms with E-state index in [0.717, 1.165) is 19.1 Å². The summed E-state index contributed by atoms with van der Waals surface area (Å²) in [4.78, 5) is 98.5. The van der Waals surface area contributed by atoms with Crippen LogP contribution in [0.25, 0.3) is 0 Å². The first-order valence-electron chi connectivity index (χ1n) is 21.6. The van der Waals surface area contributed by atoms with E-state index >= 15 is 4.79 Å². The Morgan fingerprint density at radius 1 is 0.841 bits per heavy atom. The number of nitro benzene ring substituents is 1. The first-order chi connectivity index (χ1) is 33.3. The average molecular weight is 937 g/mol. The molecule has 3 N–H and O–H groups in total. The fourth-order valence-electron chi connectivity index (χ4n) is 9.63. The lowest BCUT2D eigenvalue weighted by Gasteiger charge is -2.46. The van der Waals surface area contributed by atoms with Gasteiger partial charge in [-0.05, 0) is 70.3 Å². The highest BCUT2D eigenvalue weighted by Crippen LogP contribution is 2.65. The van der Waals surface area contributed by atoms with E-state index in [0.29, 0.717) is 28.0 Å². The second-order valence-electron chi connectivity index (χ2n) is 16.3. The summed E-state index contributed by atoms with van der Waals surface area (Å²) in [6.45, 7) is -0.733. The summed E-state index contributed by atoms with van der Waals surface area (Å²) in [7, 11) is 2.23. The van der Waals surface area contributed by atoms with Gasteiger partial charge in [0.15, 0.2) is 5.92 Å². The van der Waals surface area contributed by atoms with E-state index in [2.05, 4.69) is 11.8 Å². The van der Waals surface area contributed by atoms with Gasteiger partial charge in [-0.1, -0.05) is 84.6 Å². The molecule has 0 aliphatic carbocycles. The number of nitrogens with zero attached hydrogens (tertiary/aromatic N) is 3. The maximum Gasteiger partial charge on any atom is 0.421 e. The Morgan fingerprint density at radius 2 is 1.48 bits per heavy atom. The van der Waals surface area contributed by atoms with Gasteiger partial charge in [0, 0.05) is 24.1 Å². The third-order valence-corrected chi connectivity index (χ3v) is 12.5. The van der Waals surface area contributed by atoms with Crippen LogP contribution in [0, 0.1) is 33.8 Å². The number of primary amides is 1. The van der Waals surface area contributed by atoms with E-state index in [-0.39, 0.29) is 42.1 Å². The van der Waals surface area contributed by atoms with Crippen molar-refractivity contribution in [3.05, 3.63) is 171 Å². The fraction of sp³-hybridized carbons (Fsp3) is 0.255. The number of benzene rings is 5. The molecule has 352 valence electrons. The quantitative estimate of drug-likeness (QED) is 0.0387. The molecule has 1 spiro atoms. The molecule has 0 radical (unpaired) electrons. The first kappa shape index (κ1) is 47.1. The van der Waals surface area contributed by atoms with Gasteiger partial charge in [0.05, 0.1) is 49.4 Å². The van der Waals surface area contributed by atoms with E-state index in [9.17, 15) is 39.2 Å². The first-order valence-corrected chi connectivity index (χ1v) is 21.6. The van der Waals surface area contributed by atoms with E-state index in [1.54, 1.807) is 71.6 Å². The Morgan fingerprint density at radius 3 is 2.07 bits per heavy atom. The van der Waals surface area contributed by atoms with Crippen molar-refractivity contribution in [2.75, 3.05) is 32.3 Å². The van der Waals surface area contributed by atoms with Crippen molar-refractivity contribution < 1.29 is 62.5 Å². The topological polar surface area (TPSA) is 244 Å². The van der Waals surface area contributed by atoms with Crippen LogP contribution in [0.1, 0.15) is 58.0 Å². The van der Waals surface area contributed by atoms with Crippen molar-refractivity contribution in [2.24, 2.45) is 17.6 Å². The number of methoxy groups -OCH3 is 2. The number of hydrogen-bond acceptors (Lipinski definition) is 15. The standard InChI is InChI=1S/C51H44N4O14/c1-65-46(58)37(47(59)66-2)15-9-10-30-18-25-39-38(28-30)51(49(61)53(39)50(62)68-29-31-16-21-35(22-17-31)55(63)64)40(45(52)57)42-48(60)69-43(33-13-7-4-8-14-33)41(32-11-5-3-6-12-32)54(42)44(51)34-19-23-36(24-20-34)67-27-26-56/h3-8,11-14,16-25,28,37,40-44,56H,15,26-27,29H2,1-2H3,(H2,52,57)/t40-,41-,42-,43+,44+,51-/m1/s1. The Labute approximate surface area is 394 Å². The second-order valence-corrected chi connectivity index (χ2v) is 16.3. The van der Waals surface area contributed by atoms with Crippen molar-refractivity contribution in [3.63, 3.8) is 0 Å². The van der Waals surface area contributed by atoms with E-state index in [4.69, 9.17) is 29.4 Å². The molecule has 6 atom stereocenters. The smallest absolute Gasteiger partial charge is 0.421 e. The van der Waals surface area contributed by atoms with Gasteiger partial charge in [0.2, 0.25) is 11.8 Å². The number of imide groups is 1. The molecule has 69 heavy (non-hydrogen) atoms. The fourth-order valence-corrected chi connectivity index (χ4v) is 9.63. The monoisotopic (exact) mass is 936 g/mol. The van der Waals surface area contributed by atoms with Crippen LogP contribution in [0.4, 0.5) is 16.2 Å². The number of carbonyl (C=O) groups is 6. The van der Waals surface area contributed by atoms with Gasteiger partial charge in [-0.15, -0.1) is 0 Å². The molecule has 5 aromatic carbocycles. The van der Waals surface area contributed by atoms with Crippen LogP contribution in [-0.4, -0.2) is 84.2 Å². The predicted molar refractivity (Wildman–Crippen MR) is 242 cm³/mol. The van der Waals surface area contributed by atoms with Crippen LogP contribution in [0.2, 0.25) is 0 Å². The largest absolute Gasteiger partial charge is 0.491 e. The Bertz CT molecular complexity index is 2850. The summed E-state index contributed by atoms with van der Waals surface area (Å²) in [5, 5.41) is 20.8. The average Bonchev–Trinajstić information content (AvgIpc) is 3.83. The summed E-state index contributed by atoms with van der Waals surface area (Å²) < 4.78 is 27.4. The number of amides is 3. The number of aliphatic hydroxyl groups excluding tert-OH is 1. The summed E-state index contributed by atoms with van der Waals surface area (Å²) in [6, 6.07) is 30.5. The molecule has 2 saturated heterocycles. The van der Waals surface area contributed by atoms with Crippen LogP contribution in [0.15, 0.2) is 127 Å². The van der Waals surface area contributed by atoms with E-state index < -0.39 is 88.8 Å². The highest BCUT2D eigenvalue weighted by molar-refractivity contribution is 6.23. The molecule has 3 aliphatic rings. The molecule has 18 nitrogen and oxygen atoms in total. The van der Waals surface area contributed by atoms with E-state index in [1.807, 2.05) is 18.2 Å². The lowest BCUT2D eigenvalue weighted by Crippen LogP contribution is -2.55. The van der Waals surface area contributed by atoms with E-state index in [1.165, 1.54) is 42.5 Å². The minimum Gasteiger partial charge on any atom is -0.491 e. The van der Waals surface area contributed by atoms with Gasteiger partial charge < -0.3 is 34.5 Å². The van der Waals surface area contributed by atoms with Crippen LogP contribution in [-0.2, 0) is 54.9 Å². The zero-order valence-corrected chi connectivity index (χ0v) is 37.1. The van der Waals surface area contributed by atoms with Crippen LogP contribution in [0.5, 0.6) is 5.75 Å². The number of nitro groups is 1. The van der Waals surface area contributed by atoms with Crippen molar-refractivity contribution in [2.45, 2.75) is 42.7 Å². The highest BCUT2D eigenvalue weighted by atomic mass is 16.6. The van der Waals surface area contributed by atoms with Gasteiger partial charge >= 0.3 is 24.0 Å². The third-order valence-electron chi connectivity index (χ3n) is 12.5. The second kappa shape index (κ2) is 19.8. The normalized spacial score (nSPS) is 21.3. The van der Waals surface area contributed by atoms with Gasteiger partial charge in [-0.25, -0.2) is 9.69 Å². The Kier molecular flexibility index (Phi) is 13.5. The molecule has 5 aromatic rings. The van der Waals surface area contributed by atoms with Gasteiger partial charge in [-0.2, -0.15) is 0 Å². The lowest BCUT2D eigenvalue weighted by molar-refractivity contribution is -0.384. The number of rotatable bonds is 13. The van der Waals surface area contributed by atoms with Crippen molar-refractivity contribution >= 4 is 47.2 Å². The summed E-state index contributed by atoms with van der Waals surface area (Å²) in [5.74, 6) is -1.73. The lowest BCUT2D eigenvalue weighted by atomic mass is 9.65. The number of anilines is 1. The SMILES string of the molecule is COC(=O)C(CC#Cc1ccc2c(c1)[C@]1(C(=O)N2C(=O)OCc2ccc([N+](=O)[O-])cc2)[C@H](c2ccc(OCCO)cc2)N2[C@H](c3ccccc3)[C@H](c3ccccc3)OC(=O)[C@H]2[C@@H]1C(N)=O)C(=O)OC. The molecule has 8 rings (SSSR count). The number of morpholine rings is 1. The molecule has 18 heteroatoms. The summed E-state index contributed by atoms with van der Waals surface area (Å²) in [6.07, 6.45) is -2.53. The van der Waals surface area contributed by atoms with Gasteiger partial charge in [-0.3, -0.25) is 39.0 Å². The molecule has 0 aromatic heterocycles. The number of hydrogen-bond donors (Lipinski definition) is 2. The zero-order valence-electron chi connectivity index (χ0n) is 37.1. The summed E-state index contributed by atoms with van der Waals surface area (Å²) in [5.41, 5.74) is 6.23. The molecule has 3 heterocycles. The maximum absolute atomic E-state index is 16.1. The third kappa shape index (κ3) is 8.60. The van der Waals surface area contributed by atoms with Crippen LogP contribution >= 0.6 is 0 Å². The zero-order chi connectivity index (χ0) is 49.0. The number of carbonyl (C=O) groups excluding carboxylic acids is 6. The molecule has 2 fully saturated rings. The minimum absolute atomic E-state index is 0.0298.